The molecular formula is C12H27N3O2S. The Hall–Kier alpha value is -0.170. The summed E-state index contributed by atoms with van der Waals surface area (Å²) in [6, 6.07) is -0.0714. The van der Waals surface area contributed by atoms with Gasteiger partial charge in [0, 0.05) is 25.2 Å². The Morgan fingerprint density at radius 1 is 1.33 bits per heavy atom. The molecule has 1 aliphatic rings. The predicted molar refractivity (Wildman–Crippen MR) is 74.4 cm³/mol. The molecule has 3 N–H and O–H groups in total. The molecule has 0 spiro atoms. The van der Waals surface area contributed by atoms with E-state index in [1.165, 1.54) is 0 Å². The van der Waals surface area contributed by atoms with E-state index in [1.54, 1.807) is 4.31 Å². The van der Waals surface area contributed by atoms with Crippen molar-refractivity contribution in [3.8, 4) is 0 Å². The van der Waals surface area contributed by atoms with Crippen LogP contribution < -0.4 is 10.5 Å². The van der Waals surface area contributed by atoms with Gasteiger partial charge in [-0.3, -0.25) is 0 Å². The van der Waals surface area contributed by atoms with Crippen molar-refractivity contribution in [2.45, 2.75) is 58.5 Å². The molecule has 1 rings (SSSR count). The fraction of sp³-hybridized carbons (Fsp3) is 1.00. The molecule has 0 aliphatic carbocycles. The van der Waals surface area contributed by atoms with Crippen LogP contribution in [0, 0.1) is 5.92 Å². The second-order valence-electron chi connectivity index (χ2n) is 5.65. The molecule has 0 aromatic carbocycles. The molecule has 2 unspecified atom stereocenters. The zero-order valence-electron chi connectivity index (χ0n) is 11.7. The van der Waals surface area contributed by atoms with Gasteiger partial charge in [0.25, 0.3) is 10.2 Å². The topological polar surface area (TPSA) is 75.4 Å². The van der Waals surface area contributed by atoms with Gasteiger partial charge < -0.3 is 5.73 Å². The first-order chi connectivity index (χ1) is 8.36. The SMILES string of the molecule is CC(C)CC(C)NS(=O)(=O)N1CCCCC1CN. The largest absolute Gasteiger partial charge is 0.329 e. The van der Waals surface area contributed by atoms with Crippen molar-refractivity contribution in [1.29, 1.82) is 0 Å². The minimum Gasteiger partial charge on any atom is -0.329 e. The molecule has 5 nitrogen and oxygen atoms in total. The number of hydrogen-bond acceptors (Lipinski definition) is 3. The summed E-state index contributed by atoms with van der Waals surface area (Å²) in [5, 5.41) is 0. The molecule has 1 fully saturated rings. The maximum atomic E-state index is 12.3. The average molecular weight is 277 g/mol. The van der Waals surface area contributed by atoms with Crippen LogP contribution in [-0.2, 0) is 10.2 Å². The Morgan fingerprint density at radius 2 is 2.00 bits per heavy atom. The molecule has 0 amide bonds. The fourth-order valence-electron chi connectivity index (χ4n) is 2.60. The highest BCUT2D eigenvalue weighted by Crippen LogP contribution is 2.19. The molecule has 1 aliphatic heterocycles. The molecule has 108 valence electrons. The summed E-state index contributed by atoms with van der Waals surface area (Å²) in [4.78, 5) is 0. The van der Waals surface area contributed by atoms with Gasteiger partial charge in [-0.1, -0.05) is 20.3 Å². The van der Waals surface area contributed by atoms with Crippen molar-refractivity contribution < 1.29 is 8.42 Å². The fourth-order valence-corrected chi connectivity index (χ4v) is 4.30. The summed E-state index contributed by atoms with van der Waals surface area (Å²) in [5.74, 6) is 0.481. The van der Waals surface area contributed by atoms with Crippen LogP contribution >= 0.6 is 0 Å². The van der Waals surface area contributed by atoms with E-state index in [1.807, 2.05) is 6.92 Å². The van der Waals surface area contributed by atoms with Crippen molar-refractivity contribution in [2.75, 3.05) is 13.1 Å². The number of piperidine rings is 1. The molecule has 18 heavy (non-hydrogen) atoms. The van der Waals surface area contributed by atoms with Crippen LogP contribution in [-0.4, -0.2) is 37.9 Å². The van der Waals surface area contributed by atoms with E-state index in [2.05, 4.69) is 18.6 Å². The third-order valence-corrected chi connectivity index (χ3v) is 5.13. The summed E-state index contributed by atoms with van der Waals surface area (Å²) in [6.07, 6.45) is 3.71. The van der Waals surface area contributed by atoms with Gasteiger partial charge in [0.1, 0.15) is 0 Å². The molecule has 2 atom stereocenters. The molecule has 1 saturated heterocycles. The van der Waals surface area contributed by atoms with E-state index >= 15 is 0 Å². The number of nitrogens with two attached hydrogens (primary N) is 1. The zero-order chi connectivity index (χ0) is 13.8. The molecule has 0 radical (unpaired) electrons. The van der Waals surface area contributed by atoms with Gasteiger partial charge in [-0.15, -0.1) is 0 Å². The van der Waals surface area contributed by atoms with E-state index in [9.17, 15) is 8.42 Å². The molecular weight excluding hydrogens is 250 g/mol. The van der Waals surface area contributed by atoms with Gasteiger partial charge in [-0.2, -0.15) is 17.4 Å². The van der Waals surface area contributed by atoms with Crippen molar-refractivity contribution in [1.82, 2.24) is 9.03 Å². The van der Waals surface area contributed by atoms with E-state index in [0.29, 0.717) is 19.0 Å². The second kappa shape index (κ2) is 6.84. The van der Waals surface area contributed by atoms with E-state index < -0.39 is 10.2 Å². The van der Waals surface area contributed by atoms with Crippen LogP contribution in [0.5, 0.6) is 0 Å². The van der Waals surface area contributed by atoms with E-state index in [-0.39, 0.29) is 12.1 Å². The Bertz CT molecular complexity index is 343. The number of hydrogen-bond donors (Lipinski definition) is 2. The lowest BCUT2D eigenvalue weighted by Crippen LogP contribution is -2.53. The van der Waals surface area contributed by atoms with E-state index in [4.69, 9.17) is 5.73 Å². The first-order valence-corrected chi connectivity index (χ1v) is 8.30. The van der Waals surface area contributed by atoms with Gasteiger partial charge in [0.05, 0.1) is 0 Å². The highest BCUT2D eigenvalue weighted by molar-refractivity contribution is 7.87. The van der Waals surface area contributed by atoms with Gasteiger partial charge in [-0.25, -0.2) is 0 Å². The van der Waals surface area contributed by atoms with Crippen molar-refractivity contribution >= 4 is 10.2 Å². The standard InChI is InChI=1S/C12H27N3O2S/c1-10(2)8-11(3)14-18(16,17)15-7-5-4-6-12(15)9-13/h10-12,14H,4-9,13H2,1-3H3. The van der Waals surface area contributed by atoms with Gasteiger partial charge in [0.15, 0.2) is 0 Å². The Morgan fingerprint density at radius 3 is 2.56 bits per heavy atom. The average Bonchev–Trinajstić information content (AvgIpc) is 2.27. The Labute approximate surface area is 111 Å². The quantitative estimate of drug-likeness (QED) is 0.762. The summed E-state index contributed by atoms with van der Waals surface area (Å²) in [6.45, 7) is 7.09. The molecule has 0 aromatic rings. The van der Waals surface area contributed by atoms with Crippen LogP contribution in [0.3, 0.4) is 0 Å². The van der Waals surface area contributed by atoms with Crippen LogP contribution in [0.4, 0.5) is 0 Å². The lowest BCUT2D eigenvalue weighted by Gasteiger charge is -2.34. The Balaban J connectivity index is 2.66. The smallest absolute Gasteiger partial charge is 0.279 e. The summed E-state index contributed by atoms with van der Waals surface area (Å²) in [5.41, 5.74) is 5.67. The lowest BCUT2D eigenvalue weighted by atomic mass is 10.1. The molecule has 6 heteroatoms. The van der Waals surface area contributed by atoms with E-state index in [0.717, 1.165) is 25.7 Å². The third kappa shape index (κ3) is 4.50. The van der Waals surface area contributed by atoms with Crippen LogP contribution in [0.1, 0.15) is 46.5 Å². The summed E-state index contributed by atoms with van der Waals surface area (Å²) in [7, 11) is -3.39. The lowest BCUT2D eigenvalue weighted by molar-refractivity contribution is 0.252. The number of rotatable bonds is 6. The summed E-state index contributed by atoms with van der Waals surface area (Å²) < 4.78 is 28.9. The van der Waals surface area contributed by atoms with Crippen LogP contribution in [0.15, 0.2) is 0 Å². The first kappa shape index (κ1) is 15.9. The normalized spacial score (nSPS) is 24.4. The molecule has 0 aromatic heterocycles. The van der Waals surface area contributed by atoms with Crippen LogP contribution in [0.25, 0.3) is 0 Å². The number of nitrogens with zero attached hydrogens (tertiary/aromatic N) is 1. The van der Waals surface area contributed by atoms with Gasteiger partial charge >= 0.3 is 0 Å². The van der Waals surface area contributed by atoms with Crippen molar-refractivity contribution in [3.63, 3.8) is 0 Å². The maximum absolute atomic E-state index is 12.3. The Kier molecular flexibility index (Phi) is 6.04. The third-order valence-electron chi connectivity index (χ3n) is 3.33. The minimum atomic E-state index is -3.39. The minimum absolute atomic E-state index is 0.0321. The monoisotopic (exact) mass is 277 g/mol. The highest BCUT2D eigenvalue weighted by atomic mass is 32.2. The maximum Gasteiger partial charge on any atom is 0.279 e. The van der Waals surface area contributed by atoms with Crippen molar-refractivity contribution in [3.05, 3.63) is 0 Å². The molecule has 1 heterocycles. The molecule has 0 saturated carbocycles. The zero-order valence-corrected chi connectivity index (χ0v) is 12.5. The van der Waals surface area contributed by atoms with Crippen LogP contribution in [0.2, 0.25) is 0 Å². The second-order valence-corrected chi connectivity index (χ2v) is 7.30. The highest BCUT2D eigenvalue weighted by Gasteiger charge is 2.32. The van der Waals surface area contributed by atoms with Gasteiger partial charge in [0.2, 0.25) is 0 Å². The predicted octanol–water partition coefficient (Wildman–Crippen LogP) is 1.07. The number of nitrogens with one attached hydrogen (secondary N) is 1. The summed E-state index contributed by atoms with van der Waals surface area (Å²) >= 11 is 0. The first-order valence-electron chi connectivity index (χ1n) is 6.86. The molecule has 0 bridgehead atoms. The van der Waals surface area contributed by atoms with Gasteiger partial charge in [-0.05, 0) is 32.1 Å². The van der Waals surface area contributed by atoms with Crippen molar-refractivity contribution in [2.24, 2.45) is 11.7 Å².